The second-order valence-corrected chi connectivity index (χ2v) is 8.07. The van der Waals surface area contributed by atoms with Gasteiger partial charge < -0.3 is 5.32 Å². The molecule has 0 amide bonds. The van der Waals surface area contributed by atoms with E-state index in [2.05, 4.69) is 26.6 Å². The van der Waals surface area contributed by atoms with Gasteiger partial charge >= 0.3 is 6.55 Å². The monoisotopic (exact) mass is 433 g/mol. The fourth-order valence-corrected chi connectivity index (χ4v) is 4.39. The van der Waals surface area contributed by atoms with E-state index in [1.807, 2.05) is 24.3 Å². The molecule has 0 unspecified atom stereocenters. The Morgan fingerprint density at radius 2 is 1.91 bits per heavy atom. The summed E-state index contributed by atoms with van der Waals surface area (Å²) in [5, 5.41) is 20.8. The van der Waals surface area contributed by atoms with Gasteiger partial charge in [0.1, 0.15) is 6.07 Å². The van der Waals surface area contributed by atoms with Gasteiger partial charge in [-0.2, -0.15) is 24.2 Å². The molecule has 1 N–H and O–H groups in total. The SMILES string of the molecule is N#Cc1cnn2c(-c3cc(N[C@H]4CC[C@H](c5cnn(C(F)F)c5)CC4)ccn3)ccc2c1. The first-order valence-electron chi connectivity index (χ1n) is 10.5. The lowest BCUT2D eigenvalue weighted by Crippen LogP contribution is -2.25. The smallest absolute Gasteiger partial charge is 0.333 e. The Labute approximate surface area is 183 Å². The Morgan fingerprint density at radius 3 is 2.66 bits per heavy atom. The zero-order valence-electron chi connectivity index (χ0n) is 17.2. The summed E-state index contributed by atoms with van der Waals surface area (Å²) in [6, 6.07) is 12.0. The highest BCUT2D eigenvalue weighted by atomic mass is 19.3. The Balaban J connectivity index is 1.26. The number of alkyl halides is 2. The van der Waals surface area contributed by atoms with Gasteiger partial charge in [0, 0.05) is 24.1 Å². The average molecular weight is 433 g/mol. The van der Waals surface area contributed by atoms with Crippen molar-refractivity contribution in [3.8, 4) is 17.5 Å². The van der Waals surface area contributed by atoms with Crippen LogP contribution in [0.3, 0.4) is 0 Å². The van der Waals surface area contributed by atoms with Gasteiger partial charge in [-0.15, -0.1) is 0 Å². The molecule has 0 bridgehead atoms. The van der Waals surface area contributed by atoms with Crippen molar-refractivity contribution in [3.63, 3.8) is 0 Å². The van der Waals surface area contributed by atoms with E-state index in [-0.39, 0.29) is 5.92 Å². The second kappa shape index (κ2) is 8.38. The molecule has 1 fully saturated rings. The average Bonchev–Trinajstić information content (AvgIpc) is 3.47. The van der Waals surface area contributed by atoms with Crippen LogP contribution in [0.4, 0.5) is 14.5 Å². The Hall–Kier alpha value is -3.80. The molecule has 5 rings (SSSR count). The molecule has 1 aliphatic rings. The summed E-state index contributed by atoms with van der Waals surface area (Å²) in [6.07, 6.45) is 10.1. The predicted octanol–water partition coefficient (Wildman–Crippen LogP) is 5.00. The van der Waals surface area contributed by atoms with Crippen LogP contribution in [0.5, 0.6) is 0 Å². The van der Waals surface area contributed by atoms with E-state index in [0.717, 1.165) is 58.5 Å². The fraction of sp³-hybridized carbons (Fsp3) is 0.304. The number of hydrogen-bond acceptors (Lipinski definition) is 5. The zero-order chi connectivity index (χ0) is 22.1. The van der Waals surface area contributed by atoms with Crippen molar-refractivity contribution in [2.24, 2.45) is 0 Å². The summed E-state index contributed by atoms with van der Waals surface area (Å²) in [7, 11) is 0. The summed E-state index contributed by atoms with van der Waals surface area (Å²) in [6.45, 7) is -2.59. The highest BCUT2D eigenvalue weighted by molar-refractivity contribution is 5.67. The molecule has 0 atom stereocenters. The van der Waals surface area contributed by atoms with Gasteiger partial charge in [0.25, 0.3) is 0 Å². The standard InChI is InChI=1S/C23H21F2N7/c24-23(25)31-14-17(13-28-31)16-1-3-18(4-2-16)30-19-7-8-27-21(10-19)22-6-5-20-9-15(11-26)12-29-32(20)22/h5-10,12-14,16,18,23H,1-4H2,(H,27,30)/t16-,18-. The van der Waals surface area contributed by atoms with Crippen LogP contribution >= 0.6 is 0 Å². The van der Waals surface area contributed by atoms with Gasteiger partial charge in [-0.25, -0.2) is 9.20 Å². The highest BCUT2D eigenvalue weighted by Gasteiger charge is 2.24. The number of hydrogen-bond donors (Lipinski definition) is 1. The largest absolute Gasteiger partial charge is 0.382 e. The summed E-state index contributed by atoms with van der Waals surface area (Å²) in [5.41, 5.74) is 4.87. The quantitative estimate of drug-likeness (QED) is 0.479. The summed E-state index contributed by atoms with van der Waals surface area (Å²) in [5.74, 6) is 0.269. The van der Waals surface area contributed by atoms with Gasteiger partial charge in [0.15, 0.2) is 0 Å². The first kappa shape index (κ1) is 20.1. The molecule has 4 aromatic rings. The number of aromatic nitrogens is 5. The van der Waals surface area contributed by atoms with Crippen molar-refractivity contribution in [3.05, 3.63) is 66.2 Å². The molecule has 7 nitrogen and oxygen atoms in total. The summed E-state index contributed by atoms with van der Waals surface area (Å²) >= 11 is 0. The third-order valence-electron chi connectivity index (χ3n) is 6.04. The lowest BCUT2D eigenvalue weighted by atomic mass is 9.83. The van der Waals surface area contributed by atoms with Crippen molar-refractivity contribution in [2.75, 3.05) is 5.32 Å². The Morgan fingerprint density at radius 1 is 1.06 bits per heavy atom. The highest BCUT2D eigenvalue weighted by Crippen LogP contribution is 2.34. The molecule has 4 heterocycles. The summed E-state index contributed by atoms with van der Waals surface area (Å²) in [4.78, 5) is 4.50. The summed E-state index contributed by atoms with van der Waals surface area (Å²) < 4.78 is 28.0. The van der Waals surface area contributed by atoms with E-state index in [1.54, 1.807) is 29.2 Å². The van der Waals surface area contributed by atoms with Crippen LogP contribution < -0.4 is 5.32 Å². The molecule has 0 radical (unpaired) electrons. The zero-order valence-corrected chi connectivity index (χ0v) is 17.2. The van der Waals surface area contributed by atoms with Crippen LogP contribution in [0.2, 0.25) is 0 Å². The number of nitrogens with one attached hydrogen (secondary N) is 1. The number of rotatable bonds is 5. The van der Waals surface area contributed by atoms with Crippen molar-refractivity contribution in [2.45, 2.75) is 44.2 Å². The van der Waals surface area contributed by atoms with E-state index in [0.29, 0.717) is 11.6 Å². The predicted molar refractivity (Wildman–Crippen MR) is 115 cm³/mol. The third-order valence-corrected chi connectivity index (χ3v) is 6.04. The number of anilines is 1. The normalized spacial score (nSPS) is 18.7. The van der Waals surface area contributed by atoms with Crippen molar-refractivity contribution < 1.29 is 8.78 Å². The Kier molecular flexibility index (Phi) is 5.27. The van der Waals surface area contributed by atoms with Crippen LogP contribution in [-0.2, 0) is 0 Å². The molecule has 0 aliphatic heterocycles. The minimum absolute atomic E-state index is 0.269. The third kappa shape index (κ3) is 3.91. The number of pyridine rings is 1. The molecule has 0 spiro atoms. The second-order valence-electron chi connectivity index (χ2n) is 8.07. The van der Waals surface area contributed by atoms with Crippen LogP contribution in [0.1, 0.15) is 49.3 Å². The van der Waals surface area contributed by atoms with Crippen molar-refractivity contribution >= 4 is 11.2 Å². The van der Waals surface area contributed by atoms with Crippen LogP contribution in [0.15, 0.2) is 55.1 Å². The van der Waals surface area contributed by atoms with Gasteiger partial charge in [-0.1, -0.05) is 0 Å². The maximum Gasteiger partial charge on any atom is 0.333 e. The molecule has 32 heavy (non-hydrogen) atoms. The number of fused-ring (bicyclic) bond motifs is 1. The van der Waals surface area contributed by atoms with Gasteiger partial charge in [0.2, 0.25) is 0 Å². The first-order valence-corrected chi connectivity index (χ1v) is 10.5. The molecular formula is C23H21F2N7. The number of nitrogens with zero attached hydrogens (tertiary/aromatic N) is 6. The van der Waals surface area contributed by atoms with E-state index in [4.69, 9.17) is 5.26 Å². The first-order chi connectivity index (χ1) is 15.6. The van der Waals surface area contributed by atoms with E-state index >= 15 is 0 Å². The molecule has 0 aromatic carbocycles. The molecule has 1 aliphatic carbocycles. The molecule has 162 valence electrons. The lowest BCUT2D eigenvalue weighted by molar-refractivity contribution is 0.0565. The maximum absolute atomic E-state index is 12.8. The molecular weight excluding hydrogens is 412 g/mol. The van der Waals surface area contributed by atoms with Crippen LogP contribution in [0.25, 0.3) is 16.9 Å². The number of halogens is 2. The molecule has 4 aromatic heterocycles. The molecule has 0 saturated heterocycles. The van der Waals surface area contributed by atoms with E-state index < -0.39 is 6.55 Å². The number of nitriles is 1. The topological polar surface area (TPSA) is 83.8 Å². The maximum atomic E-state index is 12.8. The van der Waals surface area contributed by atoms with Gasteiger partial charge in [-0.3, -0.25) is 4.98 Å². The molecule has 1 saturated carbocycles. The van der Waals surface area contributed by atoms with Gasteiger partial charge in [-0.05, 0) is 67.5 Å². The lowest BCUT2D eigenvalue weighted by Gasteiger charge is -2.29. The Bertz CT molecular complexity index is 1280. The fourth-order valence-electron chi connectivity index (χ4n) is 4.39. The van der Waals surface area contributed by atoms with E-state index in [1.165, 1.54) is 6.20 Å². The van der Waals surface area contributed by atoms with E-state index in [9.17, 15) is 8.78 Å². The minimum Gasteiger partial charge on any atom is -0.382 e. The molecule has 9 heteroatoms. The minimum atomic E-state index is -2.59. The van der Waals surface area contributed by atoms with Gasteiger partial charge in [0.05, 0.1) is 34.9 Å². The van der Waals surface area contributed by atoms with Crippen molar-refractivity contribution in [1.82, 2.24) is 24.4 Å². The van der Waals surface area contributed by atoms with Crippen LogP contribution in [0, 0.1) is 11.3 Å². The van der Waals surface area contributed by atoms with Crippen molar-refractivity contribution in [1.29, 1.82) is 5.26 Å². The van der Waals surface area contributed by atoms with Crippen LogP contribution in [-0.4, -0.2) is 30.4 Å².